The van der Waals surface area contributed by atoms with E-state index in [-0.39, 0.29) is 11.6 Å². The van der Waals surface area contributed by atoms with Crippen LogP contribution >= 0.6 is 0 Å². The van der Waals surface area contributed by atoms with E-state index in [0.29, 0.717) is 6.61 Å². The first-order valence-corrected chi connectivity index (χ1v) is 5.62. The molecule has 17 heavy (non-hydrogen) atoms. The van der Waals surface area contributed by atoms with Gasteiger partial charge < -0.3 is 20.5 Å². The van der Waals surface area contributed by atoms with Gasteiger partial charge in [-0.05, 0) is 38.2 Å². The molecule has 0 bridgehead atoms. The molecule has 1 aromatic rings. The Balaban J connectivity index is 2.12. The number of carboxylic acids is 1. The van der Waals surface area contributed by atoms with Crippen LogP contribution in [0.4, 0.5) is 5.69 Å². The number of nitrogens with one attached hydrogen (secondary N) is 2. The van der Waals surface area contributed by atoms with E-state index in [1.807, 2.05) is 7.05 Å². The van der Waals surface area contributed by atoms with Gasteiger partial charge in [0.25, 0.3) is 0 Å². The second kappa shape index (κ2) is 5.05. The number of carboxylic acid groups (broad SMARTS) is 1. The Morgan fingerprint density at radius 3 is 3.18 bits per heavy atom. The lowest BCUT2D eigenvalue weighted by molar-refractivity contribution is 0.0697. The van der Waals surface area contributed by atoms with Gasteiger partial charge in [0, 0.05) is 0 Å². The zero-order chi connectivity index (χ0) is 12.3. The molecular weight excluding hydrogens is 220 g/mol. The van der Waals surface area contributed by atoms with Crippen LogP contribution in [-0.2, 0) is 0 Å². The summed E-state index contributed by atoms with van der Waals surface area (Å²) in [6, 6.07) is 5.08. The molecule has 0 aromatic heterocycles. The first kappa shape index (κ1) is 11.7. The van der Waals surface area contributed by atoms with Crippen molar-refractivity contribution in [3.05, 3.63) is 23.8 Å². The van der Waals surface area contributed by atoms with Gasteiger partial charge in [-0.25, -0.2) is 4.79 Å². The SMILES string of the molecule is CNCCC1COc2ccc(C(=O)O)cc2N1. The van der Waals surface area contributed by atoms with Crippen LogP contribution in [0.15, 0.2) is 18.2 Å². The standard InChI is InChI=1S/C12H16N2O3/c1-13-5-4-9-7-17-11-3-2-8(12(15)16)6-10(11)14-9/h2-3,6,9,13-14H,4-5,7H2,1H3,(H,15,16). The average Bonchev–Trinajstić information content (AvgIpc) is 2.35. The summed E-state index contributed by atoms with van der Waals surface area (Å²) in [5.41, 5.74) is 1.03. The second-order valence-corrected chi connectivity index (χ2v) is 4.06. The smallest absolute Gasteiger partial charge is 0.335 e. The van der Waals surface area contributed by atoms with Crippen molar-refractivity contribution in [2.24, 2.45) is 0 Å². The quantitative estimate of drug-likeness (QED) is 0.732. The molecule has 92 valence electrons. The Morgan fingerprint density at radius 1 is 1.65 bits per heavy atom. The number of benzene rings is 1. The molecular formula is C12H16N2O3. The molecule has 0 fully saturated rings. The lowest BCUT2D eigenvalue weighted by Crippen LogP contribution is -2.33. The number of hydrogen-bond acceptors (Lipinski definition) is 4. The fourth-order valence-corrected chi connectivity index (χ4v) is 1.83. The number of hydrogen-bond donors (Lipinski definition) is 3. The summed E-state index contributed by atoms with van der Waals surface area (Å²) in [6.45, 7) is 1.51. The maximum atomic E-state index is 10.9. The molecule has 2 rings (SSSR count). The van der Waals surface area contributed by atoms with E-state index >= 15 is 0 Å². The van der Waals surface area contributed by atoms with E-state index < -0.39 is 5.97 Å². The van der Waals surface area contributed by atoms with E-state index in [2.05, 4.69) is 10.6 Å². The molecule has 0 radical (unpaired) electrons. The highest BCUT2D eigenvalue weighted by molar-refractivity contribution is 5.89. The number of rotatable bonds is 4. The van der Waals surface area contributed by atoms with Gasteiger partial charge in [-0.2, -0.15) is 0 Å². The fraction of sp³-hybridized carbons (Fsp3) is 0.417. The Labute approximate surface area is 99.8 Å². The summed E-state index contributed by atoms with van der Waals surface area (Å²) in [6.07, 6.45) is 0.938. The average molecular weight is 236 g/mol. The Bertz CT molecular complexity index is 420. The maximum Gasteiger partial charge on any atom is 0.335 e. The molecule has 1 aliphatic rings. The molecule has 0 amide bonds. The molecule has 1 aliphatic heterocycles. The number of fused-ring (bicyclic) bond motifs is 1. The van der Waals surface area contributed by atoms with Gasteiger partial charge in [-0.15, -0.1) is 0 Å². The minimum Gasteiger partial charge on any atom is -0.489 e. The summed E-state index contributed by atoms with van der Waals surface area (Å²) in [4.78, 5) is 10.9. The molecule has 0 aliphatic carbocycles. The van der Waals surface area contributed by atoms with E-state index in [1.165, 1.54) is 0 Å². The Kier molecular flexibility index (Phi) is 3.49. The molecule has 5 nitrogen and oxygen atoms in total. The first-order chi connectivity index (χ1) is 8.20. The zero-order valence-electron chi connectivity index (χ0n) is 9.69. The maximum absolute atomic E-state index is 10.9. The van der Waals surface area contributed by atoms with Crippen molar-refractivity contribution in [3.63, 3.8) is 0 Å². The summed E-state index contributed by atoms with van der Waals surface area (Å²) >= 11 is 0. The van der Waals surface area contributed by atoms with Crippen LogP contribution in [0.25, 0.3) is 0 Å². The minimum absolute atomic E-state index is 0.221. The molecule has 0 spiro atoms. The van der Waals surface area contributed by atoms with E-state index in [4.69, 9.17) is 9.84 Å². The highest BCUT2D eigenvalue weighted by Gasteiger charge is 2.19. The van der Waals surface area contributed by atoms with Crippen LogP contribution in [0.2, 0.25) is 0 Å². The lowest BCUT2D eigenvalue weighted by atomic mass is 10.1. The van der Waals surface area contributed by atoms with E-state index in [0.717, 1.165) is 24.4 Å². The number of aromatic carboxylic acids is 1. The van der Waals surface area contributed by atoms with Crippen molar-refractivity contribution in [1.29, 1.82) is 0 Å². The van der Waals surface area contributed by atoms with Crippen molar-refractivity contribution in [2.75, 3.05) is 25.5 Å². The monoisotopic (exact) mass is 236 g/mol. The minimum atomic E-state index is -0.924. The molecule has 1 unspecified atom stereocenters. The molecule has 5 heteroatoms. The normalized spacial score (nSPS) is 17.8. The highest BCUT2D eigenvalue weighted by Crippen LogP contribution is 2.30. The Morgan fingerprint density at radius 2 is 2.47 bits per heavy atom. The van der Waals surface area contributed by atoms with Crippen LogP contribution in [0.5, 0.6) is 5.75 Å². The summed E-state index contributed by atoms with van der Waals surface area (Å²) in [5.74, 6) is -0.206. The topological polar surface area (TPSA) is 70.6 Å². The van der Waals surface area contributed by atoms with Gasteiger partial charge in [0.2, 0.25) is 0 Å². The molecule has 3 N–H and O–H groups in total. The van der Waals surface area contributed by atoms with Crippen molar-refractivity contribution in [3.8, 4) is 5.75 Å². The second-order valence-electron chi connectivity index (χ2n) is 4.06. The van der Waals surface area contributed by atoms with Crippen LogP contribution in [0, 0.1) is 0 Å². The highest BCUT2D eigenvalue weighted by atomic mass is 16.5. The van der Waals surface area contributed by atoms with Crippen LogP contribution in [0.1, 0.15) is 16.8 Å². The first-order valence-electron chi connectivity index (χ1n) is 5.62. The molecule has 1 atom stereocenters. The summed E-state index contributed by atoms with van der Waals surface area (Å²) < 4.78 is 5.58. The summed E-state index contributed by atoms with van der Waals surface area (Å²) in [5, 5.41) is 15.3. The molecule has 0 saturated heterocycles. The van der Waals surface area contributed by atoms with E-state index in [9.17, 15) is 4.79 Å². The van der Waals surface area contributed by atoms with E-state index in [1.54, 1.807) is 18.2 Å². The van der Waals surface area contributed by atoms with Gasteiger partial charge in [0.1, 0.15) is 12.4 Å². The van der Waals surface area contributed by atoms with Gasteiger partial charge in [0.05, 0.1) is 17.3 Å². The van der Waals surface area contributed by atoms with Gasteiger partial charge >= 0.3 is 5.97 Å². The van der Waals surface area contributed by atoms with Crippen molar-refractivity contribution < 1.29 is 14.6 Å². The fourth-order valence-electron chi connectivity index (χ4n) is 1.83. The number of anilines is 1. The van der Waals surface area contributed by atoms with Crippen LogP contribution in [-0.4, -0.2) is 37.3 Å². The lowest BCUT2D eigenvalue weighted by Gasteiger charge is -2.27. The van der Waals surface area contributed by atoms with Crippen LogP contribution in [0.3, 0.4) is 0 Å². The van der Waals surface area contributed by atoms with Crippen LogP contribution < -0.4 is 15.4 Å². The Hall–Kier alpha value is -1.75. The third kappa shape index (κ3) is 2.68. The molecule has 0 saturated carbocycles. The van der Waals surface area contributed by atoms with Gasteiger partial charge in [0.15, 0.2) is 0 Å². The van der Waals surface area contributed by atoms with Crippen molar-refractivity contribution >= 4 is 11.7 Å². The zero-order valence-corrected chi connectivity index (χ0v) is 9.69. The van der Waals surface area contributed by atoms with Crippen molar-refractivity contribution in [1.82, 2.24) is 5.32 Å². The van der Waals surface area contributed by atoms with Gasteiger partial charge in [-0.3, -0.25) is 0 Å². The van der Waals surface area contributed by atoms with Gasteiger partial charge in [-0.1, -0.05) is 0 Å². The summed E-state index contributed by atoms with van der Waals surface area (Å²) in [7, 11) is 1.90. The third-order valence-electron chi connectivity index (χ3n) is 2.77. The molecule has 1 aromatic carbocycles. The number of carbonyl (C=O) groups is 1. The third-order valence-corrected chi connectivity index (χ3v) is 2.77. The largest absolute Gasteiger partial charge is 0.489 e. The van der Waals surface area contributed by atoms with Crippen molar-refractivity contribution in [2.45, 2.75) is 12.5 Å². The molecule has 1 heterocycles. The number of ether oxygens (including phenoxy) is 1. The predicted molar refractivity (Wildman–Crippen MR) is 64.9 cm³/mol. The predicted octanol–water partition coefficient (Wildman–Crippen LogP) is 1.17.